The van der Waals surface area contributed by atoms with Crippen molar-refractivity contribution in [2.45, 2.75) is 19.3 Å². The first-order valence-corrected chi connectivity index (χ1v) is 9.82. The van der Waals surface area contributed by atoms with E-state index in [1.807, 2.05) is 60.7 Å². The third-order valence-electron chi connectivity index (χ3n) is 4.63. The van der Waals surface area contributed by atoms with Gasteiger partial charge in [0.1, 0.15) is 19.3 Å². The Balaban J connectivity index is 1.57. The van der Waals surface area contributed by atoms with Crippen LogP contribution in [0, 0.1) is 0 Å². The summed E-state index contributed by atoms with van der Waals surface area (Å²) in [5.74, 6) is -0.378. The fourth-order valence-electron chi connectivity index (χ4n) is 3.01. The molecule has 2 N–H and O–H groups in total. The van der Waals surface area contributed by atoms with Gasteiger partial charge in [0.25, 0.3) is 0 Å². The summed E-state index contributed by atoms with van der Waals surface area (Å²) in [6.45, 7) is 3.00. The van der Waals surface area contributed by atoms with Gasteiger partial charge in [-0.3, -0.25) is 4.79 Å². The van der Waals surface area contributed by atoms with E-state index in [9.17, 15) is 9.59 Å². The van der Waals surface area contributed by atoms with E-state index < -0.39 is 12.1 Å². The minimum atomic E-state index is -0.608. The van der Waals surface area contributed by atoms with Crippen molar-refractivity contribution in [1.82, 2.24) is 15.5 Å². The average Bonchev–Trinajstić information content (AvgIpc) is 2.89. The molecule has 2 aromatic carbocycles. The van der Waals surface area contributed by atoms with E-state index in [0.717, 1.165) is 11.1 Å². The van der Waals surface area contributed by atoms with Gasteiger partial charge in [0, 0.05) is 26.2 Å². The normalized spacial score (nSPS) is 17.5. The van der Waals surface area contributed by atoms with E-state index in [2.05, 4.69) is 10.6 Å². The van der Waals surface area contributed by atoms with Crippen molar-refractivity contribution < 1.29 is 19.1 Å². The van der Waals surface area contributed by atoms with Crippen LogP contribution in [0.25, 0.3) is 0 Å². The van der Waals surface area contributed by atoms with Crippen molar-refractivity contribution in [3.63, 3.8) is 0 Å². The predicted molar refractivity (Wildman–Crippen MR) is 109 cm³/mol. The Morgan fingerprint density at radius 3 is 2.14 bits per heavy atom. The Morgan fingerprint density at radius 1 is 0.862 bits per heavy atom. The van der Waals surface area contributed by atoms with Crippen LogP contribution in [0.15, 0.2) is 60.7 Å². The summed E-state index contributed by atoms with van der Waals surface area (Å²) in [7, 11) is 0. The summed E-state index contributed by atoms with van der Waals surface area (Å²) in [5.41, 5.74) is 1.84. The lowest BCUT2D eigenvalue weighted by molar-refractivity contribution is -0.147. The molecule has 2 aromatic rings. The fourth-order valence-corrected chi connectivity index (χ4v) is 3.01. The second kappa shape index (κ2) is 11.2. The van der Waals surface area contributed by atoms with Gasteiger partial charge in [-0.1, -0.05) is 60.7 Å². The standard InChI is InChI=1S/C22H27N3O4/c26-21(28-16-18-7-3-1-4-8-18)20-15-25(14-13-23-11-12-24-20)22(27)29-17-19-9-5-2-6-10-19/h1-10,20,23-24H,11-17H2. The molecule has 0 bridgehead atoms. The lowest BCUT2D eigenvalue weighted by Gasteiger charge is -2.25. The number of hydrogen-bond donors (Lipinski definition) is 2. The number of nitrogens with zero attached hydrogens (tertiary/aromatic N) is 1. The Labute approximate surface area is 171 Å². The maximum Gasteiger partial charge on any atom is 0.410 e. The fraction of sp³-hybridized carbons (Fsp3) is 0.364. The highest BCUT2D eigenvalue weighted by atomic mass is 16.6. The summed E-state index contributed by atoms with van der Waals surface area (Å²) >= 11 is 0. The van der Waals surface area contributed by atoms with Gasteiger partial charge in [-0.2, -0.15) is 0 Å². The average molecular weight is 397 g/mol. The predicted octanol–water partition coefficient (Wildman–Crippen LogP) is 1.93. The zero-order valence-electron chi connectivity index (χ0n) is 16.4. The molecule has 0 saturated carbocycles. The minimum Gasteiger partial charge on any atom is -0.460 e. The molecule has 0 radical (unpaired) electrons. The quantitative estimate of drug-likeness (QED) is 0.751. The zero-order valence-corrected chi connectivity index (χ0v) is 16.4. The summed E-state index contributed by atoms with van der Waals surface area (Å²) in [5, 5.41) is 6.41. The molecule has 1 aliphatic heterocycles. The van der Waals surface area contributed by atoms with E-state index in [0.29, 0.717) is 26.2 Å². The van der Waals surface area contributed by atoms with Crippen LogP contribution in [0.4, 0.5) is 4.79 Å². The molecule has 0 aliphatic carbocycles. The van der Waals surface area contributed by atoms with Crippen LogP contribution < -0.4 is 10.6 Å². The molecule has 7 nitrogen and oxygen atoms in total. The van der Waals surface area contributed by atoms with Gasteiger partial charge in [0.15, 0.2) is 0 Å². The zero-order chi connectivity index (χ0) is 20.3. The number of carbonyl (C=O) groups is 2. The van der Waals surface area contributed by atoms with Gasteiger partial charge in [-0.15, -0.1) is 0 Å². The van der Waals surface area contributed by atoms with Crippen LogP contribution >= 0.6 is 0 Å². The van der Waals surface area contributed by atoms with E-state index >= 15 is 0 Å². The molecule has 1 saturated heterocycles. The number of nitrogens with one attached hydrogen (secondary N) is 2. The Morgan fingerprint density at radius 2 is 1.48 bits per heavy atom. The Kier molecular flexibility index (Phi) is 8.03. The van der Waals surface area contributed by atoms with Crippen LogP contribution in [-0.4, -0.2) is 55.7 Å². The van der Waals surface area contributed by atoms with Gasteiger partial charge in [0.2, 0.25) is 0 Å². The van der Waals surface area contributed by atoms with Gasteiger partial charge in [0.05, 0.1) is 6.54 Å². The summed E-state index contributed by atoms with van der Waals surface area (Å²) < 4.78 is 10.9. The second-order valence-electron chi connectivity index (χ2n) is 6.84. The maximum atomic E-state index is 12.6. The van der Waals surface area contributed by atoms with Crippen LogP contribution in [0.5, 0.6) is 0 Å². The number of rotatable bonds is 5. The lowest BCUT2D eigenvalue weighted by atomic mass is 10.2. The van der Waals surface area contributed by atoms with Crippen molar-refractivity contribution in [2.75, 3.05) is 32.7 Å². The van der Waals surface area contributed by atoms with Crippen LogP contribution in [0.1, 0.15) is 11.1 Å². The molecule has 1 unspecified atom stereocenters. The van der Waals surface area contributed by atoms with Crippen molar-refractivity contribution in [2.24, 2.45) is 0 Å². The maximum absolute atomic E-state index is 12.6. The van der Waals surface area contributed by atoms with Gasteiger partial charge < -0.3 is 25.0 Å². The molecule has 1 aliphatic rings. The highest BCUT2D eigenvalue weighted by Crippen LogP contribution is 2.07. The highest BCUT2D eigenvalue weighted by Gasteiger charge is 2.27. The Hall–Kier alpha value is -2.90. The summed E-state index contributed by atoms with van der Waals surface area (Å²) in [4.78, 5) is 26.7. The molecule has 154 valence electrons. The number of benzene rings is 2. The van der Waals surface area contributed by atoms with Crippen molar-refractivity contribution in [1.29, 1.82) is 0 Å². The van der Waals surface area contributed by atoms with Crippen molar-refractivity contribution >= 4 is 12.1 Å². The summed E-state index contributed by atoms with van der Waals surface area (Å²) in [6, 6.07) is 18.4. The number of amides is 1. The highest BCUT2D eigenvalue weighted by molar-refractivity contribution is 5.77. The monoisotopic (exact) mass is 397 g/mol. The van der Waals surface area contributed by atoms with Crippen molar-refractivity contribution in [3.8, 4) is 0 Å². The van der Waals surface area contributed by atoms with Crippen LogP contribution in [0.3, 0.4) is 0 Å². The Bertz CT molecular complexity index is 705. The molecule has 7 heteroatoms. The molecule has 1 atom stereocenters. The number of ether oxygens (including phenoxy) is 2. The second-order valence-corrected chi connectivity index (χ2v) is 6.84. The summed E-state index contributed by atoms with van der Waals surface area (Å²) in [6.07, 6.45) is -0.444. The van der Waals surface area contributed by atoms with Crippen LogP contribution in [0.2, 0.25) is 0 Å². The molecule has 29 heavy (non-hydrogen) atoms. The molecule has 3 rings (SSSR count). The molecular formula is C22H27N3O4. The molecule has 1 heterocycles. The number of carbonyl (C=O) groups excluding carboxylic acids is 2. The molecule has 0 spiro atoms. The van der Waals surface area contributed by atoms with E-state index in [1.54, 1.807) is 4.90 Å². The SMILES string of the molecule is O=C(OCc1ccccc1)C1CN(C(=O)OCc2ccccc2)CCNCCN1. The van der Waals surface area contributed by atoms with Gasteiger partial charge >= 0.3 is 12.1 Å². The third-order valence-corrected chi connectivity index (χ3v) is 4.63. The van der Waals surface area contributed by atoms with Gasteiger partial charge in [-0.25, -0.2) is 4.79 Å². The van der Waals surface area contributed by atoms with Gasteiger partial charge in [-0.05, 0) is 11.1 Å². The first-order chi connectivity index (χ1) is 14.2. The first-order valence-electron chi connectivity index (χ1n) is 9.82. The van der Waals surface area contributed by atoms with Crippen molar-refractivity contribution in [3.05, 3.63) is 71.8 Å². The number of hydrogen-bond acceptors (Lipinski definition) is 6. The van der Waals surface area contributed by atoms with Crippen LogP contribution in [-0.2, 0) is 27.5 Å². The topological polar surface area (TPSA) is 79.9 Å². The van der Waals surface area contributed by atoms with E-state index in [-0.39, 0.29) is 25.7 Å². The smallest absolute Gasteiger partial charge is 0.410 e. The first kappa shape index (κ1) is 20.8. The molecular weight excluding hydrogens is 370 g/mol. The minimum absolute atomic E-state index is 0.195. The largest absolute Gasteiger partial charge is 0.460 e. The third kappa shape index (κ3) is 6.89. The molecule has 1 fully saturated rings. The lowest BCUT2D eigenvalue weighted by Crippen LogP contribution is -2.49. The molecule has 1 amide bonds. The van der Waals surface area contributed by atoms with E-state index in [1.165, 1.54) is 0 Å². The van der Waals surface area contributed by atoms with E-state index in [4.69, 9.17) is 9.47 Å². The number of esters is 1. The molecule has 0 aromatic heterocycles.